The number of ether oxygens (including phenoxy) is 1. The molecule has 1 aromatic heterocycles. The van der Waals surface area contributed by atoms with Crippen LogP contribution in [-0.4, -0.2) is 18.1 Å². The molecule has 3 rings (SSSR count). The third-order valence-corrected chi connectivity index (χ3v) is 4.69. The number of pyridine rings is 1. The lowest BCUT2D eigenvalue weighted by atomic mass is 9.96. The number of hydrogen-bond donors (Lipinski definition) is 1. The van der Waals surface area contributed by atoms with Crippen LogP contribution in [0.2, 0.25) is 15.1 Å². The number of aromatic nitrogens is 1. The highest BCUT2D eigenvalue weighted by atomic mass is 35.5. The van der Waals surface area contributed by atoms with Crippen LogP contribution >= 0.6 is 34.8 Å². The Morgan fingerprint density at radius 2 is 2.09 bits per heavy atom. The molecule has 0 aliphatic carbocycles. The van der Waals surface area contributed by atoms with E-state index in [4.69, 9.17) is 39.5 Å². The summed E-state index contributed by atoms with van der Waals surface area (Å²) < 4.78 is 19.9. The predicted octanol–water partition coefficient (Wildman–Crippen LogP) is 4.91. The SMILES string of the molecule is Fc1c(Cl)ccc(OC(c2cncc(Cl)c2)[C@H]2CCNC2)c1Cl. The van der Waals surface area contributed by atoms with Crippen LogP contribution in [0, 0.1) is 11.7 Å². The van der Waals surface area contributed by atoms with Gasteiger partial charge in [-0.25, -0.2) is 4.39 Å². The van der Waals surface area contributed by atoms with Crippen molar-refractivity contribution >= 4 is 34.8 Å². The molecule has 0 radical (unpaired) electrons. The Bertz CT molecular complexity index is 708. The van der Waals surface area contributed by atoms with Gasteiger partial charge in [-0.2, -0.15) is 0 Å². The smallest absolute Gasteiger partial charge is 0.164 e. The first-order valence-electron chi connectivity index (χ1n) is 7.17. The molecule has 23 heavy (non-hydrogen) atoms. The lowest BCUT2D eigenvalue weighted by molar-refractivity contribution is 0.144. The van der Waals surface area contributed by atoms with Crippen LogP contribution < -0.4 is 10.1 Å². The summed E-state index contributed by atoms with van der Waals surface area (Å²) in [6.45, 7) is 1.70. The van der Waals surface area contributed by atoms with Crippen LogP contribution in [0.25, 0.3) is 0 Å². The predicted molar refractivity (Wildman–Crippen MR) is 90.0 cm³/mol. The molecule has 1 N–H and O–H groups in total. The van der Waals surface area contributed by atoms with Gasteiger partial charge in [-0.3, -0.25) is 4.98 Å². The van der Waals surface area contributed by atoms with Gasteiger partial charge in [-0.05, 0) is 31.2 Å². The van der Waals surface area contributed by atoms with Gasteiger partial charge >= 0.3 is 0 Å². The Labute approximate surface area is 148 Å². The molecule has 122 valence electrons. The van der Waals surface area contributed by atoms with Crippen molar-refractivity contribution in [3.05, 3.63) is 57.0 Å². The molecule has 2 heterocycles. The van der Waals surface area contributed by atoms with Crippen LogP contribution in [0.15, 0.2) is 30.6 Å². The topological polar surface area (TPSA) is 34.1 Å². The zero-order chi connectivity index (χ0) is 16.4. The van der Waals surface area contributed by atoms with E-state index in [0.29, 0.717) is 5.02 Å². The van der Waals surface area contributed by atoms with Crippen molar-refractivity contribution in [2.75, 3.05) is 13.1 Å². The van der Waals surface area contributed by atoms with Gasteiger partial charge in [0, 0.05) is 30.4 Å². The Hall–Kier alpha value is -1.07. The van der Waals surface area contributed by atoms with Gasteiger partial charge in [0.1, 0.15) is 16.9 Å². The van der Waals surface area contributed by atoms with Gasteiger partial charge in [-0.15, -0.1) is 0 Å². The van der Waals surface area contributed by atoms with Gasteiger partial charge in [0.05, 0.1) is 10.0 Å². The third kappa shape index (κ3) is 3.72. The number of halogens is 4. The second kappa shape index (κ2) is 7.22. The van der Waals surface area contributed by atoms with Crippen molar-refractivity contribution < 1.29 is 9.13 Å². The zero-order valence-electron chi connectivity index (χ0n) is 12.0. The van der Waals surface area contributed by atoms with E-state index in [1.165, 1.54) is 6.07 Å². The zero-order valence-corrected chi connectivity index (χ0v) is 14.3. The van der Waals surface area contributed by atoms with Gasteiger partial charge in [0.2, 0.25) is 0 Å². The standard InChI is InChI=1S/C16H14Cl3FN2O/c17-11-5-10(7-22-8-11)16(9-3-4-21-6-9)23-13-2-1-12(18)15(20)14(13)19/h1-2,5,7-9,16,21H,3-4,6H2/t9-,16?/m0/s1. The van der Waals surface area contributed by atoms with Crippen molar-refractivity contribution in [3.63, 3.8) is 0 Å². The molecule has 0 amide bonds. The minimum absolute atomic E-state index is 0.0362. The monoisotopic (exact) mass is 374 g/mol. The van der Waals surface area contributed by atoms with Crippen molar-refractivity contribution in [1.29, 1.82) is 0 Å². The van der Waals surface area contributed by atoms with Gasteiger partial charge in [0.25, 0.3) is 0 Å². The highest BCUT2D eigenvalue weighted by Crippen LogP contribution is 2.38. The van der Waals surface area contributed by atoms with Crippen LogP contribution in [0.1, 0.15) is 18.1 Å². The molecular formula is C16H14Cl3FN2O. The van der Waals surface area contributed by atoms with E-state index < -0.39 is 5.82 Å². The molecule has 1 aliphatic heterocycles. The summed E-state index contributed by atoms with van der Waals surface area (Å²) >= 11 is 17.8. The quantitative estimate of drug-likeness (QED) is 0.771. The molecule has 1 saturated heterocycles. The normalized spacial score (nSPS) is 18.9. The fourth-order valence-electron chi connectivity index (χ4n) is 2.69. The first-order valence-corrected chi connectivity index (χ1v) is 8.31. The van der Waals surface area contributed by atoms with Crippen molar-refractivity contribution in [3.8, 4) is 5.75 Å². The average molecular weight is 376 g/mol. The number of hydrogen-bond acceptors (Lipinski definition) is 3. The summed E-state index contributed by atoms with van der Waals surface area (Å²) in [5.74, 6) is -0.214. The minimum Gasteiger partial charge on any atom is -0.484 e. The van der Waals surface area contributed by atoms with Crippen molar-refractivity contribution in [1.82, 2.24) is 10.3 Å². The van der Waals surface area contributed by atoms with Crippen LogP contribution in [-0.2, 0) is 0 Å². The Kier molecular flexibility index (Phi) is 5.27. The third-order valence-electron chi connectivity index (χ3n) is 3.83. The van der Waals surface area contributed by atoms with Crippen molar-refractivity contribution in [2.45, 2.75) is 12.5 Å². The summed E-state index contributed by atoms with van der Waals surface area (Å²) in [5.41, 5.74) is 0.831. The number of nitrogens with zero attached hydrogens (tertiary/aromatic N) is 1. The van der Waals surface area contributed by atoms with E-state index in [1.807, 2.05) is 0 Å². The highest BCUT2D eigenvalue weighted by molar-refractivity contribution is 6.35. The lowest BCUT2D eigenvalue weighted by Crippen LogP contribution is -2.21. The first kappa shape index (κ1) is 16.8. The molecule has 0 saturated carbocycles. The molecule has 0 bridgehead atoms. The molecule has 1 aliphatic rings. The van der Waals surface area contributed by atoms with E-state index in [9.17, 15) is 4.39 Å². The van der Waals surface area contributed by atoms with E-state index in [0.717, 1.165) is 25.1 Å². The summed E-state index contributed by atoms with van der Waals surface area (Å²) in [6.07, 6.45) is 3.87. The Morgan fingerprint density at radius 3 is 2.78 bits per heavy atom. The maximum Gasteiger partial charge on any atom is 0.164 e. The minimum atomic E-state index is -0.682. The van der Waals surface area contributed by atoms with E-state index in [1.54, 1.807) is 24.5 Å². The van der Waals surface area contributed by atoms with E-state index in [2.05, 4.69) is 10.3 Å². The van der Waals surface area contributed by atoms with E-state index >= 15 is 0 Å². The molecule has 7 heteroatoms. The molecular weight excluding hydrogens is 362 g/mol. The maximum absolute atomic E-state index is 13.9. The second-order valence-corrected chi connectivity index (χ2v) is 6.62. The van der Waals surface area contributed by atoms with E-state index in [-0.39, 0.29) is 27.8 Å². The molecule has 2 atom stereocenters. The number of nitrogens with one attached hydrogen (secondary N) is 1. The summed E-state index contributed by atoms with van der Waals surface area (Å²) in [6, 6.07) is 4.80. The van der Waals surface area contributed by atoms with Crippen LogP contribution in [0.4, 0.5) is 4.39 Å². The van der Waals surface area contributed by atoms with Gasteiger partial charge < -0.3 is 10.1 Å². The maximum atomic E-state index is 13.9. The lowest BCUT2D eigenvalue weighted by Gasteiger charge is -2.25. The van der Waals surface area contributed by atoms with Gasteiger partial charge in [0.15, 0.2) is 5.82 Å². The Balaban J connectivity index is 1.94. The fourth-order valence-corrected chi connectivity index (χ4v) is 3.29. The molecule has 1 unspecified atom stereocenters. The number of rotatable bonds is 4. The molecule has 0 spiro atoms. The van der Waals surface area contributed by atoms with Crippen molar-refractivity contribution in [2.24, 2.45) is 5.92 Å². The molecule has 1 fully saturated rings. The first-order chi connectivity index (χ1) is 11.1. The van der Waals surface area contributed by atoms with Crippen LogP contribution in [0.3, 0.4) is 0 Å². The largest absolute Gasteiger partial charge is 0.484 e. The van der Waals surface area contributed by atoms with Crippen LogP contribution in [0.5, 0.6) is 5.75 Å². The fraction of sp³-hybridized carbons (Fsp3) is 0.312. The highest BCUT2D eigenvalue weighted by Gasteiger charge is 2.29. The number of benzene rings is 1. The molecule has 3 nitrogen and oxygen atoms in total. The second-order valence-electron chi connectivity index (χ2n) is 5.40. The average Bonchev–Trinajstić information content (AvgIpc) is 3.06. The molecule has 2 aromatic rings. The Morgan fingerprint density at radius 1 is 1.26 bits per heavy atom. The summed E-state index contributed by atoms with van der Waals surface area (Å²) in [7, 11) is 0. The summed E-state index contributed by atoms with van der Waals surface area (Å²) in [5, 5.41) is 3.66. The summed E-state index contributed by atoms with van der Waals surface area (Å²) in [4.78, 5) is 4.11. The molecule has 1 aromatic carbocycles. The van der Waals surface area contributed by atoms with Gasteiger partial charge in [-0.1, -0.05) is 34.8 Å².